The van der Waals surface area contributed by atoms with Crippen molar-refractivity contribution in [1.29, 1.82) is 0 Å². The molecule has 0 saturated carbocycles. The highest BCUT2D eigenvalue weighted by Gasteiger charge is 2.33. The maximum atomic E-state index is 13.6. The maximum Gasteiger partial charge on any atom is 0.282 e. The van der Waals surface area contributed by atoms with Gasteiger partial charge in [-0.15, -0.1) is 0 Å². The van der Waals surface area contributed by atoms with Crippen molar-refractivity contribution in [2.45, 2.75) is 19.8 Å². The molecule has 0 aromatic heterocycles. The fourth-order valence-corrected chi connectivity index (χ4v) is 4.06. The first-order valence-corrected chi connectivity index (χ1v) is 12.3. The van der Waals surface area contributed by atoms with Crippen LogP contribution in [0.5, 0.6) is 11.5 Å². The van der Waals surface area contributed by atoms with E-state index in [2.05, 4.69) is 6.92 Å². The smallest absolute Gasteiger partial charge is 0.282 e. The Labute approximate surface area is 217 Å². The third-order valence-electron chi connectivity index (χ3n) is 5.85. The highest BCUT2D eigenvalue weighted by Crippen LogP contribution is 2.34. The predicted molar refractivity (Wildman–Crippen MR) is 148 cm³/mol. The quantitative estimate of drug-likeness (QED) is 0.249. The Morgan fingerprint density at radius 2 is 1.75 bits per heavy atom. The van der Waals surface area contributed by atoms with Crippen molar-refractivity contribution in [3.63, 3.8) is 0 Å². The van der Waals surface area contributed by atoms with Crippen LogP contribution < -0.4 is 19.3 Å². The van der Waals surface area contributed by atoms with Gasteiger partial charge in [-0.2, -0.15) is 0 Å². The molecule has 3 aromatic carbocycles. The molecular formula is C29H30ClN3O3. The zero-order valence-electron chi connectivity index (χ0n) is 21.0. The number of nitrogens with zero attached hydrogens (tertiary/aromatic N) is 3. The zero-order valence-corrected chi connectivity index (χ0v) is 21.7. The highest BCUT2D eigenvalue weighted by molar-refractivity contribution is 6.35. The van der Waals surface area contributed by atoms with Gasteiger partial charge in [0, 0.05) is 25.3 Å². The molecule has 1 aliphatic heterocycles. The Bertz CT molecular complexity index is 1280. The summed E-state index contributed by atoms with van der Waals surface area (Å²) in [6.07, 6.45) is 3.87. The van der Waals surface area contributed by atoms with E-state index in [1.54, 1.807) is 36.3 Å². The molecule has 1 amide bonds. The minimum atomic E-state index is -0.230. The summed E-state index contributed by atoms with van der Waals surface area (Å²) in [5, 5.41) is 0.415. The van der Waals surface area contributed by atoms with E-state index < -0.39 is 0 Å². The number of methoxy groups -OCH3 is 1. The number of hydrogen-bond donors (Lipinski definition) is 0. The normalized spacial score (nSPS) is 14.2. The number of rotatable bonds is 9. The molecular weight excluding hydrogens is 474 g/mol. The number of unbranched alkanes of at least 4 members (excludes halogenated alkanes) is 1. The Hall–Kier alpha value is -3.77. The zero-order chi connectivity index (χ0) is 25.7. The van der Waals surface area contributed by atoms with E-state index in [1.165, 1.54) is 0 Å². The number of amidine groups is 1. The lowest BCUT2D eigenvalue weighted by Gasteiger charge is -2.19. The van der Waals surface area contributed by atoms with E-state index in [0.717, 1.165) is 35.4 Å². The Morgan fingerprint density at radius 1 is 1.03 bits per heavy atom. The number of ether oxygens (including phenoxy) is 2. The second-order valence-electron chi connectivity index (χ2n) is 8.64. The molecule has 3 aromatic rings. The molecule has 0 radical (unpaired) electrons. The molecule has 36 heavy (non-hydrogen) atoms. The second kappa shape index (κ2) is 11.3. The summed E-state index contributed by atoms with van der Waals surface area (Å²) in [6, 6.07) is 20.9. The fourth-order valence-electron chi connectivity index (χ4n) is 3.81. The molecule has 6 nitrogen and oxygen atoms in total. The van der Waals surface area contributed by atoms with Crippen LogP contribution in [-0.4, -0.2) is 39.6 Å². The van der Waals surface area contributed by atoms with E-state index in [-0.39, 0.29) is 5.91 Å². The molecule has 1 heterocycles. The van der Waals surface area contributed by atoms with Crippen molar-refractivity contribution >= 4 is 40.8 Å². The van der Waals surface area contributed by atoms with Gasteiger partial charge < -0.3 is 14.4 Å². The molecule has 0 spiro atoms. The Morgan fingerprint density at radius 3 is 2.36 bits per heavy atom. The summed E-state index contributed by atoms with van der Waals surface area (Å²) in [5.41, 5.74) is 3.72. The molecule has 186 valence electrons. The molecule has 0 bridgehead atoms. The topological polar surface area (TPSA) is 54.4 Å². The van der Waals surface area contributed by atoms with Gasteiger partial charge in [-0.3, -0.25) is 9.69 Å². The average molecular weight is 504 g/mol. The van der Waals surface area contributed by atoms with Crippen molar-refractivity contribution in [2.75, 3.05) is 37.6 Å². The van der Waals surface area contributed by atoms with E-state index in [4.69, 9.17) is 26.1 Å². The second-order valence-corrected chi connectivity index (χ2v) is 9.04. The third-order valence-corrected chi connectivity index (χ3v) is 6.14. The first-order valence-electron chi connectivity index (χ1n) is 11.9. The van der Waals surface area contributed by atoms with Gasteiger partial charge >= 0.3 is 0 Å². The number of benzene rings is 3. The Kier molecular flexibility index (Phi) is 7.96. The van der Waals surface area contributed by atoms with Crippen LogP contribution in [0.3, 0.4) is 0 Å². The van der Waals surface area contributed by atoms with Crippen LogP contribution >= 0.6 is 11.6 Å². The lowest BCUT2D eigenvalue weighted by atomic mass is 10.1. The first-order chi connectivity index (χ1) is 17.4. The minimum Gasteiger partial charge on any atom is -0.495 e. The van der Waals surface area contributed by atoms with Crippen LogP contribution in [0.15, 0.2) is 77.4 Å². The summed E-state index contributed by atoms with van der Waals surface area (Å²) >= 11 is 6.40. The fraction of sp³-hybridized carbons (Fsp3) is 0.241. The van der Waals surface area contributed by atoms with Gasteiger partial charge in [0.25, 0.3) is 5.91 Å². The number of carbonyl (C=O) groups is 1. The van der Waals surface area contributed by atoms with Crippen LogP contribution in [0.2, 0.25) is 5.02 Å². The lowest BCUT2D eigenvalue weighted by molar-refractivity contribution is -0.113. The van der Waals surface area contributed by atoms with Gasteiger partial charge in [0.15, 0.2) is 0 Å². The van der Waals surface area contributed by atoms with E-state index in [1.807, 2.05) is 67.5 Å². The molecule has 0 atom stereocenters. The van der Waals surface area contributed by atoms with E-state index in [0.29, 0.717) is 34.6 Å². The largest absolute Gasteiger partial charge is 0.495 e. The van der Waals surface area contributed by atoms with E-state index in [9.17, 15) is 4.79 Å². The monoisotopic (exact) mass is 503 g/mol. The van der Waals surface area contributed by atoms with Crippen molar-refractivity contribution in [1.82, 2.24) is 0 Å². The molecule has 7 heteroatoms. The molecule has 0 N–H and O–H groups in total. The third kappa shape index (κ3) is 5.55. The first kappa shape index (κ1) is 25.3. The van der Waals surface area contributed by atoms with Crippen LogP contribution in [-0.2, 0) is 4.79 Å². The SMILES string of the molecule is CCCCOc1ccc(C2=N/C(=C\c3ccc(N(C)C)cc3)C(=O)N2c2ccc(OC)c(Cl)c2)cc1. The number of carbonyl (C=O) groups excluding carboxylic acids is 1. The van der Waals surface area contributed by atoms with Crippen molar-refractivity contribution in [2.24, 2.45) is 4.99 Å². The lowest BCUT2D eigenvalue weighted by Crippen LogP contribution is -2.32. The summed E-state index contributed by atoms with van der Waals surface area (Å²) in [6.45, 7) is 2.80. The minimum absolute atomic E-state index is 0.230. The maximum absolute atomic E-state index is 13.6. The van der Waals surface area contributed by atoms with Gasteiger partial charge in [0.05, 0.1) is 24.4 Å². The van der Waals surface area contributed by atoms with Gasteiger partial charge in [0.2, 0.25) is 0 Å². The van der Waals surface area contributed by atoms with Crippen LogP contribution in [0, 0.1) is 0 Å². The van der Waals surface area contributed by atoms with Crippen LogP contribution in [0.4, 0.5) is 11.4 Å². The number of anilines is 2. The van der Waals surface area contributed by atoms with Crippen molar-refractivity contribution in [3.8, 4) is 11.5 Å². The van der Waals surface area contributed by atoms with Crippen LogP contribution in [0.1, 0.15) is 30.9 Å². The van der Waals surface area contributed by atoms with Crippen molar-refractivity contribution in [3.05, 3.63) is 88.6 Å². The van der Waals surface area contributed by atoms with Crippen molar-refractivity contribution < 1.29 is 14.3 Å². The number of amides is 1. The molecule has 0 fully saturated rings. The molecule has 4 rings (SSSR count). The summed E-state index contributed by atoms with van der Waals surface area (Å²) < 4.78 is 11.1. The standard InChI is InChI=1S/C29H30ClN3O3/c1-5-6-17-36-24-14-9-21(10-15-24)28-31-26(18-20-7-11-22(12-8-20)32(2)3)29(34)33(28)23-13-16-27(35-4)25(30)19-23/h7-16,18-19H,5-6,17H2,1-4H3/b26-18-. The van der Waals surface area contributed by atoms with Gasteiger partial charge in [0.1, 0.15) is 23.0 Å². The number of aliphatic imine (C=N–C) groups is 1. The van der Waals surface area contributed by atoms with Gasteiger partial charge in [-0.25, -0.2) is 4.99 Å². The summed E-state index contributed by atoms with van der Waals surface area (Å²) in [5.74, 6) is 1.62. The molecule has 1 aliphatic rings. The molecule has 0 aliphatic carbocycles. The van der Waals surface area contributed by atoms with Gasteiger partial charge in [-0.1, -0.05) is 37.1 Å². The molecule has 0 saturated heterocycles. The number of hydrogen-bond acceptors (Lipinski definition) is 5. The summed E-state index contributed by atoms with van der Waals surface area (Å²) in [7, 11) is 5.53. The molecule has 0 unspecified atom stereocenters. The van der Waals surface area contributed by atoms with E-state index >= 15 is 0 Å². The van der Waals surface area contributed by atoms with Crippen LogP contribution in [0.25, 0.3) is 6.08 Å². The Balaban J connectivity index is 1.72. The average Bonchev–Trinajstić information content (AvgIpc) is 3.20. The number of halogens is 1. The predicted octanol–water partition coefficient (Wildman–Crippen LogP) is 6.43. The highest BCUT2D eigenvalue weighted by atomic mass is 35.5. The summed E-state index contributed by atoms with van der Waals surface area (Å²) in [4.78, 5) is 22.0. The van der Waals surface area contributed by atoms with Gasteiger partial charge in [-0.05, 0) is 72.7 Å².